The second-order valence-electron chi connectivity index (χ2n) is 8.03. The van der Waals surface area contributed by atoms with Crippen LogP contribution >= 0.6 is 0 Å². The van der Waals surface area contributed by atoms with Crippen molar-refractivity contribution in [3.8, 4) is 0 Å². The first-order valence-electron chi connectivity index (χ1n) is 11.2. The van der Waals surface area contributed by atoms with E-state index in [0.29, 0.717) is 16.7 Å². The molecule has 2 aromatic carbocycles. The summed E-state index contributed by atoms with van der Waals surface area (Å²) in [5, 5.41) is 0. The van der Waals surface area contributed by atoms with Gasteiger partial charge < -0.3 is 4.74 Å². The van der Waals surface area contributed by atoms with Crippen LogP contribution in [0.5, 0.6) is 0 Å². The second-order valence-corrected chi connectivity index (χ2v) is 8.03. The van der Waals surface area contributed by atoms with E-state index in [2.05, 4.69) is 0 Å². The number of hydrogen-bond acceptors (Lipinski definition) is 3. The molecule has 1 saturated carbocycles. The van der Waals surface area contributed by atoms with Gasteiger partial charge >= 0.3 is 5.97 Å². The lowest BCUT2D eigenvalue weighted by Gasteiger charge is -2.19. The molecule has 0 N–H and O–H groups in total. The van der Waals surface area contributed by atoms with E-state index >= 15 is 0 Å². The van der Waals surface area contributed by atoms with Gasteiger partial charge in [-0.25, -0.2) is 4.79 Å². The van der Waals surface area contributed by atoms with Crippen molar-refractivity contribution in [3.05, 3.63) is 71.3 Å². The van der Waals surface area contributed by atoms with E-state index in [1.807, 2.05) is 18.2 Å². The fourth-order valence-corrected chi connectivity index (χ4v) is 4.06. The first kappa shape index (κ1) is 21.3. The highest BCUT2D eigenvalue weighted by molar-refractivity contribution is 6.14. The number of carbonyl (C=O) groups excluding carboxylic acids is 2. The molecule has 3 heteroatoms. The summed E-state index contributed by atoms with van der Waals surface area (Å²) in [5.41, 5.74) is 1.36. The number of carbonyl (C=O) groups is 2. The highest BCUT2D eigenvalue weighted by Gasteiger charge is 2.22. The quantitative estimate of drug-likeness (QED) is 0.427. The molecule has 3 rings (SSSR count). The van der Waals surface area contributed by atoms with Crippen molar-refractivity contribution in [2.24, 2.45) is 0 Å². The lowest BCUT2D eigenvalue weighted by Crippen LogP contribution is -2.21. The van der Waals surface area contributed by atoms with Gasteiger partial charge in [0.15, 0.2) is 5.78 Å². The highest BCUT2D eigenvalue weighted by Crippen LogP contribution is 2.22. The zero-order valence-electron chi connectivity index (χ0n) is 17.3. The first-order valence-corrected chi connectivity index (χ1v) is 11.2. The summed E-state index contributed by atoms with van der Waals surface area (Å²) in [6, 6.07) is 16.1. The number of hydrogen-bond donors (Lipinski definition) is 0. The topological polar surface area (TPSA) is 43.4 Å². The van der Waals surface area contributed by atoms with Crippen molar-refractivity contribution in [1.29, 1.82) is 0 Å². The Morgan fingerprint density at radius 2 is 1.10 bits per heavy atom. The lowest BCUT2D eigenvalue weighted by molar-refractivity contribution is 0.0246. The standard InChI is InChI=1S/C26H32O3/c27-25(21-15-9-8-10-16-21)23-19-13-14-20-24(23)26(28)29-22-17-11-6-4-2-1-3-5-7-12-18-22/h8-10,13-16,19-20,22H,1-7,11-12,17-18H2. The van der Waals surface area contributed by atoms with E-state index in [4.69, 9.17) is 4.74 Å². The van der Waals surface area contributed by atoms with Gasteiger partial charge in [-0.05, 0) is 31.7 Å². The van der Waals surface area contributed by atoms with Crippen LogP contribution in [0, 0.1) is 0 Å². The molecule has 0 heterocycles. The highest BCUT2D eigenvalue weighted by atomic mass is 16.5. The minimum Gasteiger partial charge on any atom is -0.459 e. The number of benzene rings is 2. The van der Waals surface area contributed by atoms with Crippen molar-refractivity contribution < 1.29 is 14.3 Å². The smallest absolute Gasteiger partial charge is 0.339 e. The summed E-state index contributed by atoms with van der Waals surface area (Å²) in [6.45, 7) is 0. The largest absolute Gasteiger partial charge is 0.459 e. The Kier molecular flexibility index (Phi) is 8.48. The summed E-state index contributed by atoms with van der Waals surface area (Å²) < 4.78 is 5.92. The zero-order chi connectivity index (χ0) is 20.3. The van der Waals surface area contributed by atoms with Crippen LogP contribution in [0.25, 0.3) is 0 Å². The van der Waals surface area contributed by atoms with E-state index in [9.17, 15) is 9.59 Å². The van der Waals surface area contributed by atoms with Crippen molar-refractivity contribution in [2.45, 2.75) is 76.7 Å². The lowest BCUT2D eigenvalue weighted by atomic mass is 9.97. The summed E-state index contributed by atoms with van der Waals surface area (Å²) in [4.78, 5) is 25.9. The molecule has 154 valence electrons. The van der Waals surface area contributed by atoms with E-state index in [1.165, 1.54) is 44.9 Å². The third kappa shape index (κ3) is 6.56. The average molecular weight is 393 g/mol. The first-order chi connectivity index (χ1) is 14.3. The van der Waals surface area contributed by atoms with Crippen molar-refractivity contribution in [2.75, 3.05) is 0 Å². The summed E-state index contributed by atoms with van der Waals surface area (Å²) in [5.74, 6) is -0.515. The van der Waals surface area contributed by atoms with Gasteiger partial charge in [-0.3, -0.25) is 4.79 Å². The van der Waals surface area contributed by atoms with Crippen LogP contribution in [-0.2, 0) is 4.74 Å². The summed E-state index contributed by atoms with van der Waals surface area (Å²) >= 11 is 0. The Balaban J connectivity index is 1.69. The maximum absolute atomic E-state index is 13.0. The molecule has 0 amide bonds. The van der Waals surface area contributed by atoms with Crippen molar-refractivity contribution in [3.63, 3.8) is 0 Å². The normalized spacial score (nSPS) is 17.0. The molecule has 1 aliphatic carbocycles. The fourth-order valence-electron chi connectivity index (χ4n) is 4.06. The molecule has 0 radical (unpaired) electrons. The predicted molar refractivity (Wildman–Crippen MR) is 116 cm³/mol. The Labute approximate surface area is 174 Å². The number of rotatable bonds is 4. The molecule has 1 fully saturated rings. The molecule has 0 aromatic heterocycles. The van der Waals surface area contributed by atoms with Gasteiger partial charge in [0.2, 0.25) is 0 Å². The van der Waals surface area contributed by atoms with Crippen molar-refractivity contribution in [1.82, 2.24) is 0 Å². The van der Waals surface area contributed by atoms with Crippen molar-refractivity contribution >= 4 is 11.8 Å². The van der Waals surface area contributed by atoms with E-state index in [1.54, 1.807) is 36.4 Å². The second kappa shape index (κ2) is 11.5. The Morgan fingerprint density at radius 1 is 0.621 bits per heavy atom. The minimum atomic E-state index is -0.373. The monoisotopic (exact) mass is 392 g/mol. The van der Waals surface area contributed by atoms with Crippen LogP contribution in [0.15, 0.2) is 54.6 Å². The molecular weight excluding hydrogens is 360 g/mol. The van der Waals surface area contributed by atoms with Gasteiger partial charge in [-0.2, -0.15) is 0 Å². The molecule has 29 heavy (non-hydrogen) atoms. The number of ketones is 1. The summed E-state index contributed by atoms with van der Waals surface area (Å²) in [7, 11) is 0. The fraction of sp³-hybridized carbons (Fsp3) is 0.462. The molecule has 2 aromatic rings. The average Bonchev–Trinajstić information content (AvgIpc) is 2.75. The molecule has 0 unspecified atom stereocenters. The predicted octanol–water partition coefficient (Wildman–Crippen LogP) is 6.75. The van der Waals surface area contributed by atoms with Crippen LogP contribution < -0.4 is 0 Å². The van der Waals surface area contributed by atoms with Gasteiger partial charge in [-0.1, -0.05) is 93.5 Å². The third-order valence-corrected chi connectivity index (χ3v) is 5.75. The van der Waals surface area contributed by atoms with E-state index in [0.717, 1.165) is 25.7 Å². The minimum absolute atomic E-state index is 0.0539. The molecule has 1 aliphatic rings. The molecule has 0 aliphatic heterocycles. The van der Waals surface area contributed by atoms with Crippen LogP contribution in [0.1, 0.15) is 96.9 Å². The maximum atomic E-state index is 13.0. The van der Waals surface area contributed by atoms with E-state index < -0.39 is 0 Å². The third-order valence-electron chi connectivity index (χ3n) is 5.75. The Bertz CT molecular complexity index is 770. The van der Waals surface area contributed by atoms with Gasteiger partial charge in [0.05, 0.1) is 5.56 Å². The Morgan fingerprint density at radius 3 is 1.69 bits per heavy atom. The zero-order valence-corrected chi connectivity index (χ0v) is 17.3. The number of ether oxygens (including phenoxy) is 1. The molecule has 0 spiro atoms. The molecule has 0 atom stereocenters. The van der Waals surface area contributed by atoms with Crippen LogP contribution in [-0.4, -0.2) is 17.9 Å². The van der Waals surface area contributed by atoms with E-state index in [-0.39, 0.29) is 17.9 Å². The SMILES string of the molecule is O=C(OC1CCCCCCCCCCC1)c1ccccc1C(=O)c1ccccc1. The van der Waals surface area contributed by atoms with Gasteiger partial charge in [0.1, 0.15) is 6.10 Å². The summed E-state index contributed by atoms with van der Waals surface area (Å²) in [6.07, 6.45) is 12.9. The molecule has 0 saturated heterocycles. The van der Waals surface area contributed by atoms with Crippen LogP contribution in [0.4, 0.5) is 0 Å². The van der Waals surface area contributed by atoms with Gasteiger partial charge in [0, 0.05) is 11.1 Å². The Hall–Kier alpha value is -2.42. The molecule has 3 nitrogen and oxygen atoms in total. The number of esters is 1. The van der Waals surface area contributed by atoms with Gasteiger partial charge in [-0.15, -0.1) is 0 Å². The molecular formula is C26H32O3. The van der Waals surface area contributed by atoms with Gasteiger partial charge in [0.25, 0.3) is 0 Å². The maximum Gasteiger partial charge on any atom is 0.339 e. The van der Waals surface area contributed by atoms with Crippen LogP contribution in [0.3, 0.4) is 0 Å². The molecule has 0 bridgehead atoms. The van der Waals surface area contributed by atoms with Crippen LogP contribution in [0.2, 0.25) is 0 Å².